The first-order chi connectivity index (χ1) is 9.67. The van der Waals surface area contributed by atoms with Crippen LogP contribution in [0.15, 0.2) is 27.2 Å². The molecule has 3 rings (SSSR count). The van der Waals surface area contributed by atoms with E-state index in [1.54, 1.807) is 0 Å². The molecule has 1 aliphatic rings. The minimum atomic E-state index is -0.124. The fraction of sp³-hybridized carbons (Fsp3) is 0.429. The van der Waals surface area contributed by atoms with Crippen LogP contribution >= 0.6 is 15.9 Å². The van der Waals surface area contributed by atoms with Crippen LogP contribution in [0.5, 0.6) is 0 Å². The third-order valence-corrected chi connectivity index (χ3v) is 4.01. The first-order valence-corrected chi connectivity index (χ1v) is 7.42. The van der Waals surface area contributed by atoms with Crippen molar-refractivity contribution >= 4 is 15.9 Å². The van der Waals surface area contributed by atoms with E-state index in [2.05, 4.69) is 26.1 Å². The number of nitrogens with two attached hydrogens (primary N) is 1. The number of aryl methyl sites for hydroxylation is 1. The molecule has 0 radical (unpaired) electrons. The Kier molecular flexibility index (Phi) is 3.87. The van der Waals surface area contributed by atoms with Gasteiger partial charge in [0, 0.05) is 16.6 Å². The number of aromatic nitrogens is 2. The van der Waals surface area contributed by atoms with Gasteiger partial charge in [0.2, 0.25) is 5.82 Å². The van der Waals surface area contributed by atoms with E-state index in [0.29, 0.717) is 18.3 Å². The van der Waals surface area contributed by atoms with Crippen LogP contribution in [0.25, 0.3) is 11.4 Å². The molecule has 1 saturated heterocycles. The number of nitrogens with zero attached hydrogens (tertiary/aromatic N) is 2. The summed E-state index contributed by atoms with van der Waals surface area (Å²) in [5, 5.41) is 4.06. The lowest BCUT2D eigenvalue weighted by molar-refractivity contribution is 0.0307. The van der Waals surface area contributed by atoms with Crippen molar-refractivity contribution < 1.29 is 9.26 Å². The third kappa shape index (κ3) is 2.63. The van der Waals surface area contributed by atoms with Crippen molar-refractivity contribution in [1.82, 2.24) is 10.1 Å². The summed E-state index contributed by atoms with van der Waals surface area (Å²) in [6, 6.07) is 5.98. The second-order valence-electron chi connectivity index (χ2n) is 4.98. The molecule has 0 aliphatic carbocycles. The minimum absolute atomic E-state index is 0.102. The lowest BCUT2D eigenvalue weighted by Gasteiger charge is -2.07. The molecule has 0 spiro atoms. The van der Waals surface area contributed by atoms with E-state index < -0.39 is 0 Å². The molecule has 2 aromatic rings. The maximum Gasteiger partial charge on any atom is 0.256 e. The van der Waals surface area contributed by atoms with Crippen LogP contribution in [-0.4, -0.2) is 22.8 Å². The molecule has 2 unspecified atom stereocenters. The van der Waals surface area contributed by atoms with Gasteiger partial charge >= 0.3 is 0 Å². The van der Waals surface area contributed by atoms with Gasteiger partial charge in [-0.25, -0.2) is 0 Å². The first-order valence-electron chi connectivity index (χ1n) is 6.63. The van der Waals surface area contributed by atoms with Gasteiger partial charge in [-0.15, -0.1) is 0 Å². The summed E-state index contributed by atoms with van der Waals surface area (Å²) < 4.78 is 12.1. The number of benzene rings is 1. The van der Waals surface area contributed by atoms with Crippen molar-refractivity contribution in [3.05, 3.63) is 34.1 Å². The summed E-state index contributed by atoms with van der Waals surface area (Å²) in [7, 11) is 0. The highest BCUT2D eigenvalue weighted by Gasteiger charge is 2.30. The van der Waals surface area contributed by atoms with Crippen molar-refractivity contribution in [3.8, 4) is 11.4 Å². The lowest BCUT2D eigenvalue weighted by Crippen LogP contribution is -2.18. The van der Waals surface area contributed by atoms with Crippen LogP contribution in [-0.2, 0) is 4.74 Å². The second kappa shape index (κ2) is 5.63. The number of rotatable bonds is 3. The van der Waals surface area contributed by atoms with E-state index in [9.17, 15) is 0 Å². The SMILES string of the molecule is Cc1cc(Br)ccc1-c1noc(C2CCC(CN)O2)n1. The van der Waals surface area contributed by atoms with Crippen LogP contribution in [0.1, 0.15) is 30.4 Å². The molecule has 1 aromatic heterocycles. The maximum absolute atomic E-state index is 5.77. The van der Waals surface area contributed by atoms with Gasteiger partial charge in [-0.3, -0.25) is 0 Å². The maximum atomic E-state index is 5.77. The highest BCUT2D eigenvalue weighted by molar-refractivity contribution is 9.10. The summed E-state index contributed by atoms with van der Waals surface area (Å²) in [5.41, 5.74) is 7.67. The van der Waals surface area contributed by atoms with Crippen molar-refractivity contribution in [3.63, 3.8) is 0 Å². The Morgan fingerprint density at radius 3 is 2.95 bits per heavy atom. The molecule has 0 bridgehead atoms. The molecule has 5 nitrogen and oxygen atoms in total. The summed E-state index contributed by atoms with van der Waals surface area (Å²) in [6.07, 6.45) is 1.80. The average molecular weight is 338 g/mol. The summed E-state index contributed by atoms with van der Waals surface area (Å²) in [5.74, 6) is 1.14. The molecule has 2 heterocycles. The van der Waals surface area contributed by atoms with Gasteiger partial charge in [0.15, 0.2) is 0 Å². The van der Waals surface area contributed by atoms with E-state index in [-0.39, 0.29) is 12.2 Å². The average Bonchev–Trinajstić information content (AvgIpc) is 3.07. The minimum Gasteiger partial charge on any atom is -0.364 e. The predicted octanol–water partition coefficient (Wildman–Crippen LogP) is 2.99. The number of hydrogen-bond donors (Lipinski definition) is 1. The lowest BCUT2D eigenvalue weighted by atomic mass is 10.1. The summed E-state index contributed by atoms with van der Waals surface area (Å²) >= 11 is 3.45. The first kappa shape index (κ1) is 13.7. The van der Waals surface area contributed by atoms with Gasteiger partial charge in [0.25, 0.3) is 5.89 Å². The molecule has 2 N–H and O–H groups in total. The third-order valence-electron chi connectivity index (χ3n) is 3.52. The Hall–Kier alpha value is -1.24. The Morgan fingerprint density at radius 2 is 2.25 bits per heavy atom. The van der Waals surface area contributed by atoms with Crippen LogP contribution in [0, 0.1) is 6.92 Å². The molecule has 1 aliphatic heterocycles. The zero-order valence-electron chi connectivity index (χ0n) is 11.2. The smallest absolute Gasteiger partial charge is 0.256 e. The van der Waals surface area contributed by atoms with Gasteiger partial charge in [0.05, 0.1) is 6.10 Å². The summed E-state index contributed by atoms with van der Waals surface area (Å²) in [6.45, 7) is 2.55. The van der Waals surface area contributed by atoms with Crippen LogP contribution in [0.2, 0.25) is 0 Å². The molecule has 0 amide bonds. The molecule has 1 aromatic carbocycles. The fourth-order valence-electron chi connectivity index (χ4n) is 2.41. The molecule has 2 atom stereocenters. The standard InChI is InChI=1S/C14H16BrN3O2/c1-8-6-9(15)2-4-11(8)13-17-14(20-18-13)12-5-3-10(7-16)19-12/h2,4,6,10,12H,3,5,7,16H2,1H3. The number of ether oxygens (including phenoxy) is 1. The van der Waals surface area contributed by atoms with E-state index in [1.165, 1.54) is 0 Å². The van der Waals surface area contributed by atoms with Crippen molar-refractivity contribution in [2.75, 3.05) is 6.54 Å². The zero-order chi connectivity index (χ0) is 14.1. The van der Waals surface area contributed by atoms with Gasteiger partial charge in [0.1, 0.15) is 6.10 Å². The fourth-order valence-corrected chi connectivity index (χ4v) is 2.89. The topological polar surface area (TPSA) is 74.2 Å². The normalized spacial score (nSPS) is 22.4. The van der Waals surface area contributed by atoms with Crippen molar-refractivity contribution in [1.29, 1.82) is 0 Å². The quantitative estimate of drug-likeness (QED) is 0.931. The second-order valence-corrected chi connectivity index (χ2v) is 5.89. The van der Waals surface area contributed by atoms with Gasteiger partial charge in [-0.2, -0.15) is 4.98 Å². The highest BCUT2D eigenvalue weighted by atomic mass is 79.9. The molecule has 0 saturated carbocycles. The molecule has 20 heavy (non-hydrogen) atoms. The van der Waals surface area contributed by atoms with E-state index in [4.69, 9.17) is 15.0 Å². The van der Waals surface area contributed by atoms with Gasteiger partial charge in [-0.05, 0) is 43.5 Å². The molecular formula is C14H16BrN3O2. The number of hydrogen-bond acceptors (Lipinski definition) is 5. The Morgan fingerprint density at radius 1 is 1.40 bits per heavy atom. The predicted molar refractivity (Wildman–Crippen MR) is 78.1 cm³/mol. The van der Waals surface area contributed by atoms with Crippen LogP contribution in [0.4, 0.5) is 0 Å². The Balaban J connectivity index is 1.83. The Bertz CT molecular complexity index is 614. The molecule has 6 heteroatoms. The van der Waals surface area contributed by atoms with E-state index in [0.717, 1.165) is 28.4 Å². The number of halogens is 1. The monoisotopic (exact) mass is 337 g/mol. The van der Waals surface area contributed by atoms with Crippen molar-refractivity contribution in [2.45, 2.75) is 32.0 Å². The van der Waals surface area contributed by atoms with Gasteiger partial charge < -0.3 is 15.0 Å². The molecule has 106 valence electrons. The van der Waals surface area contributed by atoms with Gasteiger partial charge in [-0.1, -0.05) is 21.1 Å². The van der Waals surface area contributed by atoms with Crippen molar-refractivity contribution in [2.24, 2.45) is 5.73 Å². The van der Waals surface area contributed by atoms with Crippen LogP contribution in [0.3, 0.4) is 0 Å². The largest absolute Gasteiger partial charge is 0.364 e. The molecule has 1 fully saturated rings. The van der Waals surface area contributed by atoms with E-state index >= 15 is 0 Å². The van der Waals surface area contributed by atoms with E-state index in [1.807, 2.05) is 25.1 Å². The highest BCUT2D eigenvalue weighted by Crippen LogP contribution is 2.33. The molecular weight excluding hydrogens is 322 g/mol. The van der Waals surface area contributed by atoms with Crippen LogP contribution < -0.4 is 5.73 Å². The summed E-state index contributed by atoms with van der Waals surface area (Å²) in [4.78, 5) is 4.46. The zero-order valence-corrected chi connectivity index (χ0v) is 12.8. The Labute approximate surface area is 125 Å².